The maximum atomic E-state index is 12.7. The van der Waals surface area contributed by atoms with Crippen molar-refractivity contribution in [3.63, 3.8) is 0 Å². The minimum Gasteiger partial charge on any atom is -0.479 e. The number of ether oxygens (including phenoxy) is 3. The summed E-state index contributed by atoms with van der Waals surface area (Å²) >= 11 is 3.38. The normalized spacial score (nSPS) is 15.4. The molecule has 0 amide bonds. The molecule has 2 aromatic carbocycles. The Labute approximate surface area is 159 Å². The predicted molar refractivity (Wildman–Crippen MR) is 100 cm³/mol. The first-order valence-corrected chi connectivity index (χ1v) is 8.77. The van der Waals surface area contributed by atoms with Gasteiger partial charge in [0.15, 0.2) is 11.9 Å². The van der Waals surface area contributed by atoms with Gasteiger partial charge in [0.2, 0.25) is 5.78 Å². The van der Waals surface area contributed by atoms with E-state index < -0.39 is 12.1 Å². The topological polar surface area (TPSA) is 61.8 Å². The smallest absolute Gasteiger partial charge is 0.346 e. The number of methoxy groups -OCH3 is 1. The molecule has 26 heavy (non-hydrogen) atoms. The molecule has 0 saturated heterocycles. The number of halogens is 1. The van der Waals surface area contributed by atoms with E-state index in [1.165, 1.54) is 7.11 Å². The van der Waals surface area contributed by atoms with Crippen LogP contribution < -0.4 is 9.47 Å². The Bertz CT molecular complexity index is 899. The van der Waals surface area contributed by atoms with Crippen LogP contribution in [0.5, 0.6) is 11.5 Å². The van der Waals surface area contributed by atoms with Crippen molar-refractivity contribution < 1.29 is 23.8 Å². The van der Waals surface area contributed by atoms with E-state index in [1.807, 2.05) is 24.3 Å². The second-order valence-corrected chi connectivity index (χ2v) is 6.80. The molecule has 0 bridgehead atoms. The van der Waals surface area contributed by atoms with Crippen LogP contribution in [-0.2, 0) is 9.53 Å². The lowest BCUT2D eigenvalue weighted by molar-refractivity contribution is -0.147. The van der Waals surface area contributed by atoms with Crippen LogP contribution in [-0.4, -0.2) is 25.0 Å². The molecule has 0 aliphatic carbocycles. The number of rotatable bonds is 4. The van der Waals surface area contributed by atoms with Crippen LogP contribution in [0.3, 0.4) is 0 Å². The molecule has 0 aromatic heterocycles. The zero-order valence-electron chi connectivity index (χ0n) is 14.5. The van der Waals surface area contributed by atoms with Crippen molar-refractivity contribution in [1.82, 2.24) is 0 Å². The number of esters is 1. The van der Waals surface area contributed by atoms with Crippen LogP contribution in [0.4, 0.5) is 0 Å². The largest absolute Gasteiger partial charge is 0.479 e. The third kappa shape index (κ3) is 3.65. The van der Waals surface area contributed by atoms with Gasteiger partial charge in [-0.05, 0) is 49.2 Å². The van der Waals surface area contributed by atoms with Gasteiger partial charge in [-0.25, -0.2) is 4.79 Å². The van der Waals surface area contributed by atoms with Crippen molar-refractivity contribution in [3.05, 3.63) is 63.3 Å². The van der Waals surface area contributed by atoms with E-state index in [9.17, 15) is 9.59 Å². The first-order valence-electron chi connectivity index (χ1n) is 7.98. The highest BCUT2D eigenvalue weighted by Crippen LogP contribution is 2.37. The molecular formula is C20H17BrO5. The van der Waals surface area contributed by atoms with Gasteiger partial charge >= 0.3 is 5.97 Å². The lowest BCUT2D eigenvalue weighted by Gasteiger charge is -2.13. The molecule has 3 rings (SSSR count). The number of carbonyl (C=O) groups excluding carboxylic acids is 2. The van der Waals surface area contributed by atoms with Crippen molar-refractivity contribution >= 4 is 33.8 Å². The minimum absolute atomic E-state index is 0.173. The highest BCUT2D eigenvalue weighted by Gasteiger charge is 2.30. The van der Waals surface area contributed by atoms with Crippen LogP contribution in [0.1, 0.15) is 28.4 Å². The summed E-state index contributed by atoms with van der Waals surface area (Å²) in [4.78, 5) is 24.2. The molecule has 1 atom stereocenters. The molecule has 134 valence electrons. The summed E-state index contributed by atoms with van der Waals surface area (Å²) in [6, 6.07) is 10.9. The Balaban J connectivity index is 1.88. The molecule has 0 spiro atoms. The number of Topliss-reactive ketones (excluding diaryl/α,β-unsaturated/α-hetero) is 1. The standard InChI is InChI=1S/C20H17BrO5/c1-11-8-15(25-12(2)20(23)24-3)10-16-18(11)19(22)17(26-16)9-13-4-6-14(21)7-5-13/h4-10,12H,1-3H3/b17-9-. The van der Waals surface area contributed by atoms with Gasteiger partial charge in [0.1, 0.15) is 11.5 Å². The van der Waals surface area contributed by atoms with Crippen LogP contribution in [0.2, 0.25) is 0 Å². The highest BCUT2D eigenvalue weighted by molar-refractivity contribution is 9.10. The van der Waals surface area contributed by atoms with Crippen LogP contribution in [0.15, 0.2) is 46.6 Å². The molecule has 0 fully saturated rings. The quantitative estimate of drug-likeness (QED) is 0.548. The van der Waals surface area contributed by atoms with Crippen LogP contribution in [0, 0.1) is 6.92 Å². The average molecular weight is 417 g/mol. The number of ketones is 1. The second kappa shape index (κ2) is 7.33. The van der Waals surface area contributed by atoms with Crippen LogP contribution >= 0.6 is 15.9 Å². The van der Waals surface area contributed by atoms with Gasteiger partial charge in [-0.2, -0.15) is 0 Å². The summed E-state index contributed by atoms with van der Waals surface area (Å²) in [5.74, 6) is 0.467. The van der Waals surface area contributed by atoms with E-state index in [2.05, 4.69) is 20.7 Å². The third-order valence-electron chi connectivity index (χ3n) is 3.96. The van der Waals surface area contributed by atoms with E-state index >= 15 is 0 Å². The average Bonchev–Trinajstić information content (AvgIpc) is 2.92. The molecule has 5 nitrogen and oxygen atoms in total. The summed E-state index contributed by atoms with van der Waals surface area (Å²) in [5, 5.41) is 0. The number of hydrogen-bond acceptors (Lipinski definition) is 5. The van der Waals surface area contributed by atoms with E-state index in [0.29, 0.717) is 17.1 Å². The Morgan fingerprint density at radius 2 is 1.92 bits per heavy atom. The number of fused-ring (bicyclic) bond motifs is 1. The van der Waals surface area contributed by atoms with E-state index in [1.54, 1.807) is 32.1 Å². The van der Waals surface area contributed by atoms with Gasteiger partial charge in [-0.1, -0.05) is 28.1 Å². The molecule has 6 heteroatoms. The van der Waals surface area contributed by atoms with E-state index in [-0.39, 0.29) is 11.5 Å². The monoisotopic (exact) mass is 416 g/mol. The highest BCUT2D eigenvalue weighted by atomic mass is 79.9. The molecule has 1 heterocycles. The molecule has 2 aromatic rings. The summed E-state index contributed by atoms with van der Waals surface area (Å²) in [5.41, 5.74) is 2.09. The maximum Gasteiger partial charge on any atom is 0.346 e. The van der Waals surface area contributed by atoms with Gasteiger partial charge in [-0.3, -0.25) is 4.79 Å². The number of allylic oxidation sites excluding steroid dienone is 1. The van der Waals surface area contributed by atoms with Crippen molar-refractivity contribution in [2.75, 3.05) is 7.11 Å². The molecule has 1 aliphatic rings. The Kier molecular flexibility index (Phi) is 5.13. The maximum absolute atomic E-state index is 12.7. The van der Waals surface area contributed by atoms with Crippen molar-refractivity contribution in [3.8, 4) is 11.5 Å². The lowest BCUT2D eigenvalue weighted by atomic mass is 10.0. The number of hydrogen-bond donors (Lipinski definition) is 0. The third-order valence-corrected chi connectivity index (χ3v) is 4.49. The van der Waals surface area contributed by atoms with Gasteiger partial charge < -0.3 is 14.2 Å². The SMILES string of the molecule is COC(=O)C(C)Oc1cc(C)c2c(c1)O/C(=C\c1ccc(Br)cc1)C2=O. The minimum atomic E-state index is -0.757. The summed E-state index contributed by atoms with van der Waals surface area (Å²) in [6.07, 6.45) is 0.943. The van der Waals surface area contributed by atoms with Crippen molar-refractivity contribution in [2.45, 2.75) is 20.0 Å². The fourth-order valence-corrected chi connectivity index (χ4v) is 2.94. The van der Waals surface area contributed by atoms with E-state index in [0.717, 1.165) is 15.6 Å². The summed E-state index contributed by atoms with van der Waals surface area (Å²) < 4.78 is 16.9. The first kappa shape index (κ1) is 18.2. The second-order valence-electron chi connectivity index (χ2n) is 5.89. The van der Waals surface area contributed by atoms with Gasteiger partial charge in [0.05, 0.1) is 12.7 Å². The summed E-state index contributed by atoms with van der Waals surface area (Å²) in [6.45, 7) is 3.40. The van der Waals surface area contributed by atoms with Gasteiger partial charge in [-0.15, -0.1) is 0 Å². The molecule has 1 unspecified atom stereocenters. The summed E-state index contributed by atoms with van der Waals surface area (Å²) in [7, 11) is 1.30. The zero-order chi connectivity index (χ0) is 18.8. The molecule has 0 N–H and O–H groups in total. The van der Waals surface area contributed by atoms with Crippen LogP contribution in [0.25, 0.3) is 6.08 Å². The Morgan fingerprint density at radius 3 is 2.58 bits per heavy atom. The Hall–Kier alpha value is -2.60. The number of benzene rings is 2. The lowest BCUT2D eigenvalue weighted by Crippen LogP contribution is -2.24. The predicted octanol–water partition coefficient (Wildman–Crippen LogP) is 4.31. The number of aryl methyl sites for hydroxylation is 1. The zero-order valence-corrected chi connectivity index (χ0v) is 16.1. The number of carbonyl (C=O) groups is 2. The van der Waals surface area contributed by atoms with E-state index in [4.69, 9.17) is 9.47 Å². The first-order chi connectivity index (χ1) is 12.4. The molecular weight excluding hydrogens is 400 g/mol. The van der Waals surface area contributed by atoms with Crippen molar-refractivity contribution in [2.24, 2.45) is 0 Å². The molecule has 0 saturated carbocycles. The Morgan fingerprint density at radius 1 is 1.23 bits per heavy atom. The fraction of sp³-hybridized carbons (Fsp3) is 0.200. The fourth-order valence-electron chi connectivity index (χ4n) is 2.67. The molecule has 0 radical (unpaired) electrons. The van der Waals surface area contributed by atoms with Gasteiger partial charge in [0, 0.05) is 10.5 Å². The molecule has 1 aliphatic heterocycles. The van der Waals surface area contributed by atoms with Gasteiger partial charge in [0.25, 0.3) is 0 Å². The van der Waals surface area contributed by atoms with Crippen molar-refractivity contribution in [1.29, 1.82) is 0 Å².